The molecule has 20 heavy (non-hydrogen) atoms. The second-order valence-corrected chi connectivity index (χ2v) is 4.94. The lowest BCUT2D eigenvalue weighted by atomic mass is 10.1. The molecule has 0 aromatic rings. The van der Waals surface area contributed by atoms with Gasteiger partial charge in [0, 0.05) is 6.42 Å². The maximum Gasteiger partial charge on any atom is 0.408 e. The zero-order valence-electron chi connectivity index (χ0n) is 11.8. The van der Waals surface area contributed by atoms with E-state index in [1.165, 1.54) is 0 Å². The van der Waals surface area contributed by atoms with Crippen molar-refractivity contribution in [3.8, 4) is 12.3 Å². The molecule has 0 unspecified atom stereocenters. The highest BCUT2D eigenvalue weighted by molar-refractivity contribution is 5.82. The van der Waals surface area contributed by atoms with Gasteiger partial charge >= 0.3 is 18.0 Å². The van der Waals surface area contributed by atoms with Gasteiger partial charge in [-0.05, 0) is 27.2 Å². The number of ether oxygens (including phenoxy) is 2. The molecule has 112 valence electrons. The summed E-state index contributed by atoms with van der Waals surface area (Å²) in [5.74, 6) is 0.218. The summed E-state index contributed by atoms with van der Waals surface area (Å²) in [7, 11) is 0. The summed E-state index contributed by atoms with van der Waals surface area (Å²) < 4.78 is 9.66. The molecule has 0 aromatic carbocycles. The van der Waals surface area contributed by atoms with Crippen LogP contribution >= 0.6 is 0 Å². The van der Waals surface area contributed by atoms with Crippen LogP contribution in [-0.4, -0.2) is 41.4 Å². The molecular formula is C13H19NO6. The van der Waals surface area contributed by atoms with E-state index in [1.807, 2.05) is 0 Å². The number of carbonyl (C=O) groups excluding carboxylic acids is 2. The first kappa shape index (κ1) is 17.8. The number of alkyl carbamates (subject to hydrolysis) is 1. The van der Waals surface area contributed by atoms with E-state index < -0.39 is 29.7 Å². The highest BCUT2D eigenvalue weighted by Crippen LogP contribution is 2.08. The molecular weight excluding hydrogens is 266 g/mol. The van der Waals surface area contributed by atoms with Gasteiger partial charge in [-0.2, -0.15) is 0 Å². The standard InChI is InChI=1S/C13H19NO6/c1-5-8-19-11(17)9(6-7-10(15)16)14-12(18)20-13(2,3)4/h1,9H,6-8H2,2-4H3,(H,14,18)(H,15,16)/t9-/m0/s1. The van der Waals surface area contributed by atoms with Crippen LogP contribution in [0.2, 0.25) is 0 Å². The van der Waals surface area contributed by atoms with Crippen LogP contribution in [0.15, 0.2) is 0 Å². The summed E-state index contributed by atoms with van der Waals surface area (Å²) >= 11 is 0. The predicted octanol–water partition coefficient (Wildman–Crippen LogP) is 0.921. The van der Waals surface area contributed by atoms with Crippen LogP contribution in [0.1, 0.15) is 33.6 Å². The van der Waals surface area contributed by atoms with Crippen LogP contribution in [-0.2, 0) is 19.1 Å². The molecule has 0 rings (SSSR count). The Morgan fingerprint density at radius 1 is 1.35 bits per heavy atom. The van der Waals surface area contributed by atoms with Crippen molar-refractivity contribution in [3.05, 3.63) is 0 Å². The first-order valence-corrected chi connectivity index (χ1v) is 5.97. The van der Waals surface area contributed by atoms with Crippen molar-refractivity contribution in [1.29, 1.82) is 0 Å². The molecule has 0 bridgehead atoms. The molecule has 0 aliphatic rings. The molecule has 0 fully saturated rings. The molecule has 2 N–H and O–H groups in total. The zero-order chi connectivity index (χ0) is 15.8. The lowest BCUT2D eigenvalue weighted by Crippen LogP contribution is -2.44. The molecule has 7 nitrogen and oxygen atoms in total. The van der Waals surface area contributed by atoms with Gasteiger partial charge < -0.3 is 19.9 Å². The number of aliphatic carboxylic acids is 1. The number of hydrogen-bond acceptors (Lipinski definition) is 5. The Kier molecular flexibility index (Phi) is 7.15. The van der Waals surface area contributed by atoms with Crippen molar-refractivity contribution < 1.29 is 29.0 Å². The molecule has 0 radical (unpaired) electrons. The first-order valence-electron chi connectivity index (χ1n) is 5.97. The zero-order valence-corrected chi connectivity index (χ0v) is 11.8. The molecule has 0 aliphatic carbocycles. The Morgan fingerprint density at radius 3 is 2.40 bits per heavy atom. The van der Waals surface area contributed by atoms with Gasteiger partial charge in [0.15, 0.2) is 6.61 Å². The Labute approximate surface area is 117 Å². The molecule has 7 heteroatoms. The molecule has 0 saturated heterocycles. The lowest BCUT2D eigenvalue weighted by Gasteiger charge is -2.22. The second-order valence-electron chi connectivity index (χ2n) is 4.94. The van der Waals surface area contributed by atoms with Gasteiger partial charge in [0.2, 0.25) is 0 Å². The summed E-state index contributed by atoms with van der Waals surface area (Å²) in [4.78, 5) is 33.7. The van der Waals surface area contributed by atoms with Gasteiger partial charge in [0.05, 0.1) is 0 Å². The average molecular weight is 285 g/mol. The molecule has 1 amide bonds. The second kappa shape index (κ2) is 8.04. The van der Waals surface area contributed by atoms with Crippen LogP contribution in [0.25, 0.3) is 0 Å². The van der Waals surface area contributed by atoms with Crippen molar-refractivity contribution in [3.63, 3.8) is 0 Å². The van der Waals surface area contributed by atoms with Gasteiger partial charge in [-0.3, -0.25) is 4.79 Å². The molecule has 0 heterocycles. The maximum atomic E-state index is 11.6. The number of esters is 1. The molecule has 0 aromatic heterocycles. The van der Waals surface area contributed by atoms with Gasteiger partial charge in [0.1, 0.15) is 11.6 Å². The van der Waals surface area contributed by atoms with Crippen LogP contribution in [0, 0.1) is 12.3 Å². The van der Waals surface area contributed by atoms with Crippen LogP contribution in [0.5, 0.6) is 0 Å². The maximum absolute atomic E-state index is 11.6. The van der Waals surface area contributed by atoms with Crippen molar-refractivity contribution in [2.24, 2.45) is 0 Å². The summed E-state index contributed by atoms with van der Waals surface area (Å²) in [6, 6.07) is -1.12. The molecule has 0 spiro atoms. The number of nitrogens with one attached hydrogen (secondary N) is 1. The van der Waals surface area contributed by atoms with Gasteiger partial charge in [0.25, 0.3) is 0 Å². The van der Waals surface area contributed by atoms with Crippen LogP contribution in [0.3, 0.4) is 0 Å². The number of carboxylic acids is 1. The highest BCUT2D eigenvalue weighted by atomic mass is 16.6. The fourth-order valence-corrected chi connectivity index (χ4v) is 1.18. The number of terminal acetylenes is 1. The summed E-state index contributed by atoms with van der Waals surface area (Å²) in [5.41, 5.74) is -0.732. The topological polar surface area (TPSA) is 102 Å². The van der Waals surface area contributed by atoms with Crippen LogP contribution < -0.4 is 5.32 Å². The Bertz CT molecular complexity index is 404. The Morgan fingerprint density at radius 2 is 1.95 bits per heavy atom. The van der Waals surface area contributed by atoms with E-state index in [0.717, 1.165) is 0 Å². The van der Waals surface area contributed by atoms with Crippen molar-refractivity contribution in [1.82, 2.24) is 5.32 Å². The quantitative estimate of drug-likeness (QED) is 0.556. The van der Waals surface area contributed by atoms with Crippen molar-refractivity contribution in [2.45, 2.75) is 45.3 Å². The molecule has 1 atom stereocenters. The fourth-order valence-electron chi connectivity index (χ4n) is 1.18. The van der Waals surface area contributed by atoms with E-state index in [9.17, 15) is 14.4 Å². The highest BCUT2D eigenvalue weighted by Gasteiger charge is 2.25. The van der Waals surface area contributed by atoms with Gasteiger partial charge in [-0.15, -0.1) is 6.42 Å². The SMILES string of the molecule is C#CCOC(=O)[C@H](CCC(=O)O)NC(=O)OC(C)(C)C. The van der Waals surface area contributed by atoms with Crippen LogP contribution in [0.4, 0.5) is 4.79 Å². The van der Waals surface area contributed by atoms with E-state index >= 15 is 0 Å². The number of hydrogen-bond donors (Lipinski definition) is 2. The van der Waals surface area contributed by atoms with E-state index in [1.54, 1.807) is 20.8 Å². The summed E-state index contributed by atoms with van der Waals surface area (Å²) in [6.45, 7) is 4.74. The Hall–Kier alpha value is -2.23. The monoisotopic (exact) mass is 285 g/mol. The van der Waals surface area contributed by atoms with Crippen molar-refractivity contribution in [2.75, 3.05) is 6.61 Å². The lowest BCUT2D eigenvalue weighted by molar-refractivity contribution is -0.145. The fraction of sp³-hybridized carbons (Fsp3) is 0.615. The van der Waals surface area contributed by atoms with Gasteiger partial charge in [-0.1, -0.05) is 5.92 Å². The normalized spacial score (nSPS) is 11.9. The van der Waals surface area contributed by atoms with Gasteiger partial charge in [-0.25, -0.2) is 9.59 Å². The van der Waals surface area contributed by atoms with E-state index in [4.69, 9.17) is 16.3 Å². The Balaban J connectivity index is 4.59. The minimum atomic E-state index is -1.12. The summed E-state index contributed by atoms with van der Waals surface area (Å²) in [5, 5.41) is 10.9. The minimum absolute atomic E-state index is 0.113. The number of carbonyl (C=O) groups is 3. The third-order valence-corrected chi connectivity index (χ3v) is 1.92. The number of rotatable bonds is 6. The van der Waals surface area contributed by atoms with E-state index in [-0.39, 0.29) is 19.4 Å². The molecule has 0 saturated carbocycles. The smallest absolute Gasteiger partial charge is 0.408 e. The van der Waals surface area contributed by atoms with E-state index in [2.05, 4.69) is 16.0 Å². The third kappa shape index (κ3) is 8.80. The largest absolute Gasteiger partial charge is 0.481 e. The summed E-state index contributed by atoms with van der Waals surface area (Å²) in [6.07, 6.45) is 3.71. The van der Waals surface area contributed by atoms with Crippen molar-refractivity contribution >= 4 is 18.0 Å². The average Bonchev–Trinajstić information content (AvgIpc) is 2.28. The number of carboxylic acid groups (broad SMARTS) is 1. The van der Waals surface area contributed by atoms with E-state index in [0.29, 0.717) is 0 Å². The first-order chi connectivity index (χ1) is 9.15. The predicted molar refractivity (Wildman–Crippen MR) is 69.8 cm³/mol. The number of amides is 1. The third-order valence-electron chi connectivity index (χ3n) is 1.92. The minimum Gasteiger partial charge on any atom is -0.481 e. The molecule has 0 aliphatic heterocycles.